The first-order valence-electron chi connectivity index (χ1n) is 10.1. The highest BCUT2D eigenvalue weighted by atomic mass is 35.5. The molecule has 0 spiro atoms. The zero-order valence-electron chi connectivity index (χ0n) is 16.6. The third-order valence-corrected chi connectivity index (χ3v) is 5.69. The summed E-state index contributed by atoms with van der Waals surface area (Å²) in [6.07, 6.45) is 4.77. The van der Waals surface area contributed by atoms with Crippen LogP contribution in [0.4, 0.5) is 0 Å². The second-order valence-corrected chi connectivity index (χ2v) is 7.61. The van der Waals surface area contributed by atoms with E-state index >= 15 is 0 Å². The van der Waals surface area contributed by atoms with Gasteiger partial charge in [0.2, 0.25) is 11.8 Å². The largest absolute Gasteiger partial charge is 0.496 e. The Labute approximate surface area is 173 Å². The number of carbonyl (C=O) groups is 2. The van der Waals surface area contributed by atoms with Crippen LogP contribution in [-0.2, 0) is 16.0 Å². The van der Waals surface area contributed by atoms with Gasteiger partial charge in [-0.15, -0.1) is 12.4 Å². The monoisotopic (exact) mass is 409 g/mol. The number of para-hydroxylation sites is 1. The van der Waals surface area contributed by atoms with E-state index in [1.807, 2.05) is 29.2 Å². The van der Waals surface area contributed by atoms with Crippen molar-refractivity contribution >= 4 is 24.2 Å². The Balaban J connectivity index is 0.00000280. The molecule has 3 rings (SSSR count). The number of benzene rings is 1. The summed E-state index contributed by atoms with van der Waals surface area (Å²) in [4.78, 5) is 26.7. The summed E-state index contributed by atoms with van der Waals surface area (Å²) in [6, 6.07) is 7.84. The Morgan fingerprint density at radius 1 is 1.21 bits per heavy atom. The van der Waals surface area contributed by atoms with Crippen molar-refractivity contribution in [1.29, 1.82) is 0 Å². The average molecular weight is 410 g/mol. The highest BCUT2D eigenvalue weighted by Crippen LogP contribution is 2.20. The van der Waals surface area contributed by atoms with E-state index in [1.54, 1.807) is 7.11 Å². The minimum absolute atomic E-state index is 0. The van der Waals surface area contributed by atoms with Crippen LogP contribution >= 0.6 is 12.4 Å². The molecule has 2 N–H and O–H groups in total. The Kier molecular flexibility index (Phi) is 9.06. The number of halogens is 1. The first-order chi connectivity index (χ1) is 13.2. The fourth-order valence-corrected chi connectivity index (χ4v) is 3.99. The van der Waals surface area contributed by atoms with Gasteiger partial charge in [-0.1, -0.05) is 18.2 Å². The van der Waals surface area contributed by atoms with Crippen LogP contribution in [0.3, 0.4) is 0 Å². The van der Waals surface area contributed by atoms with Gasteiger partial charge < -0.3 is 20.3 Å². The Morgan fingerprint density at radius 3 is 2.64 bits per heavy atom. The maximum Gasteiger partial charge on any atom is 0.227 e. The molecule has 156 valence electrons. The van der Waals surface area contributed by atoms with Crippen molar-refractivity contribution in [3.05, 3.63) is 29.8 Å². The van der Waals surface area contributed by atoms with Gasteiger partial charge in [-0.05, 0) is 50.8 Å². The van der Waals surface area contributed by atoms with Crippen molar-refractivity contribution in [2.75, 3.05) is 33.3 Å². The van der Waals surface area contributed by atoms with Crippen molar-refractivity contribution in [2.45, 2.75) is 44.6 Å². The molecule has 1 aromatic rings. The lowest BCUT2D eigenvalue weighted by Gasteiger charge is -2.32. The molecule has 1 aromatic carbocycles. The van der Waals surface area contributed by atoms with Crippen molar-refractivity contribution in [3.63, 3.8) is 0 Å². The first-order valence-corrected chi connectivity index (χ1v) is 10.1. The summed E-state index contributed by atoms with van der Waals surface area (Å²) in [5, 5.41) is 6.49. The summed E-state index contributed by atoms with van der Waals surface area (Å²) >= 11 is 0. The topological polar surface area (TPSA) is 70.7 Å². The van der Waals surface area contributed by atoms with Gasteiger partial charge in [-0.25, -0.2) is 0 Å². The molecule has 2 aliphatic rings. The number of ether oxygens (including phenoxy) is 1. The third-order valence-electron chi connectivity index (χ3n) is 5.69. The normalized spacial score (nSPS) is 19.8. The minimum Gasteiger partial charge on any atom is -0.496 e. The van der Waals surface area contributed by atoms with Crippen molar-refractivity contribution in [1.82, 2.24) is 15.5 Å². The van der Waals surface area contributed by atoms with Gasteiger partial charge in [0, 0.05) is 31.1 Å². The minimum atomic E-state index is 0. The van der Waals surface area contributed by atoms with Gasteiger partial charge in [0.25, 0.3) is 0 Å². The molecule has 0 radical (unpaired) electrons. The van der Waals surface area contributed by atoms with Crippen LogP contribution in [0.2, 0.25) is 0 Å². The molecule has 2 heterocycles. The molecule has 1 atom stereocenters. The molecule has 0 saturated carbocycles. The molecule has 1 unspecified atom stereocenters. The maximum absolute atomic E-state index is 12.6. The Bertz CT molecular complexity index is 642. The SMILES string of the molecule is COc1ccccc1CC(=O)N1CCC(NC(=O)CCC2CCNC2)CC1.Cl. The van der Waals surface area contributed by atoms with Crippen molar-refractivity contribution in [3.8, 4) is 5.75 Å². The summed E-state index contributed by atoms with van der Waals surface area (Å²) in [7, 11) is 1.63. The van der Waals surface area contributed by atoms with Gasteiger partial charge in [-0.2, -0.15) is 0 Å². The quantitative estimate of drug-likeness (QED) is 0.724. The van der Waals surface area contributed by atoms with Gasteiger partial charge in [0.15, 0.2) is 0 Å². The molecular formula is C21H32ClN3O3. The number of rotatable bonds is 7. The molecule has 6 nitrogen and oxygen atoms in total. The number of piperidine rings is 1. The van der Waals surface area contributed by atoms with Crippen LogP contribution in [0.1, 0.15) is 37.7 Å². The van der Waals surface area contributed by atoms with E-state index in [-0.39, 0.29) is 30.3 Å². The van der Waals surface area contributed by atoms with Crippen LogP contribution in [-0.4, -0.2) is 56.0 Å². The zero-order valence-corrected chi connectivity index (χ0v) is 17.4. The fourth-order valence-electron chi connectivity index (χ4n) is 3.99. The van der Waals surface area contributed by atoms with Crippen molar-refractivity contribution in [2.24, 2.45) is 5.92 Å². The summed E-state index contributed by atoms with van der Waals surface area (Å²) < 4.78 is 5.33. The highest BCUT2D eigenvalue weighted by molar-refractivity contribution is 5.85. The lowest BCUT2D eigenvalue weighted by atomic mass is 10.0. The van der Waals surface area contributed by atoms with E-state index in [0.29, 0.717) is 31.8 Å². The molecule has 0 aromatic heterocycles. The maximum atomic E-state index is 12.6. The Hall–Kier alpha value is -1.79. The number of nitrogens with zero attached hydrogens (tertiary/aromatic N) is 1. The van der Waals surface area contributed by atoms with Crippen molar-refractivity contribution < 1.29 is 14.3 Å². The summed E-state index contributed by atoms with van der Waals surface area (Å²) in [5.41, 5.74) is 0.918. The molecule has 7 heteroatoms. The molecule has 28 heavy (non-hydrogen) atoms. The summed E-state index contributed by atoms with van der Waals surface area (Å²) in [6.45, 7) is 3.52. The summed E-state index contributed by atoms with van der Waals surface area (Å²) in [5.74, 6) is 1.68. The highest BCUT2D eigenvalue weighted by Gasteiger charge is 2.25. The van der Waals surface area contributed by atoms with Gasteiger partial charge in [0.1, 0.15) is 5.75 Å². The first kappa shape index (κ1) is 22.5. The number of amides is 2. The van der Waals surface area contributed by atoms with Gasteiger partial charge >= 0.3 is 0 Å². The predicted molar refractivity (Wildman–Crippen MR) is 112 cm³/mol. The van der Waals surface area contributed by atoms with E-state index in [0.717, 1.165) is 43.7 Å². The lowest BCUT2D eigenvalue weighted by molar-refractivity contribution is -0.131. The standard InChI is InChI=1S/C21H31N3O3.ClH/c1-27-19-5-3-2-4-17(19)14-21(26)24-12-9-18(10-13-24)23-20(25)7-6-16-8-11-22-15-16;/h2-5,16,18,22H,6-15H2,1H3,(H,23,25);1H. The van der Waals surface area contributed by atoms with E-state index < -0.39 is 0 Å². The number of hydrogen-bond acceptors (Lipinski definition) is 4. The molecule has 2 amide bonds. The van der Waals surface area contributed by atoms with Crippen LogP contribution in [0.5, 0.6) is 5.75 Å². The second kappa shape index (κ2) is 11.3. The second-order valence-electron chi connectivity index (χ2n) is 7.61. The molecule has 2 aliphatic heterocycles. The third kappa shape index (κ3) is 6.38. The molecular weight excluding hydrogens is 378 g/mol. The smallest absolute Gasteiger partial charge is 0.227 e. The van der Waals surface area contributed by atoms with E-state index in [1.165, 1.54) is 6.42 Å². The number of methoxy groups -OCH3 is 1. The number of nitrogens with one attached hydrogen (secondary N) is 2. The molecule has 2 saturated heterocycles. The number of carbonyl (C=O) groups excluding carboxylic acids is 2. The van der Waals surface area contributed by atoms with Crippen LogP contribution in [0.15, 0.2) is 24.3 Å². The molecule has 0 bridgehead atoms. The number of likely N-dealkylation sites (tertiary alicyclic amines) is 1. The zero-order chi connectivity index (χ0) is 19.1. The van der Waals surface area contributed by atoms with Crippen LogP contribution in [0, 0.1) is 5.92 Å². The predicted octanol–water partition coefficient (Wildman–Crippen LogP) is 2.16. The molecule has 2 fully saturated rings. The van der Waals surface area contributed by atoms with Crippen LogP contribution in [0.25, 0.3) is 0 Å². The van der Waals surface area contributed by atoms with E-state index in [9.17, 15) is 9.59 Å². The Morgan fingerprint density at radius 2 is 1.96 bits per heavy atom. The van der Waals surface area contributed by atoms with Gasteiger partial charge in [-0.3, -0.25) is 9.59 Å². The van der Waals surface area contributed by atoms with E-state index in [2.05, 4.69) is 10.6 Å². The molecule has 0 aliphatic carbocycles. The van der Waals surface area contributed by atoms with Gasteiger partial charge in [0.05, 0.1) is 13.5 Å². The average Bonchev–Trinajstić information content (AvgIpc) is 3.21. The fraction of sp³-hybridized carbons (Fsp3) is 0.619. The van der Waals surface area contributed by atoms with E-state index in [4.69, 9.17) is 4.74 Å². The number of hydrogen-bond donors (Lipinski definition) is 2. The van der Waals surface area contributed by atoms with Crippen LogP contribution < -0.4 is 15.4 Å². The lowest BCUT2D eigenvalue weighted by Crippen LogP contribution is -2.47.